The topological polar surface area (TPSA) is 74.3 Å². The summed E-state index contributed by atoms with van der Waals surface area (Å²) in [6.45, 7) is 4.06. The van der Waals surface area contributed by atoms with Crippen molar-refractivity contribution < 1.29 is 9.63 Å². The lowest BCUT2D eigenvalue weighted by atomic mass is 10.1. The molecule has 18 heavy (non-hydrogen) atoms. The van der Waals surface area contributed by atoms with Gasteiger partial charge in [-0.2, -0.15) is 5.10 Å². The Morgan fingerprint density at radius 2 is 2.56 bits per heavy atom. The highest BCUT2D eigenvalue weighted by atomic mass is 16.7. The average molecular weight is 253 g/mol. The van der Waals surface area contributed by atoms with E-state index in [4.69, 9.17) is 4.84 Å². The van der Waals surface area contributed by atoms with Crippen LogP contribution in [-0.4, -0.2) is 57.3 Å². The Balaban J connectivity index is 1.93. The maximum atomic E-state index is 11.5. The minimum atomic E-state index is -0.0518. The van der Waals surface area contributed by atoms with Gasteiger partial charge in [0.05, 0.1) is 19.7 Å². The number of likely N-dealkylation sites (tertiary alicyclic amines) is 1. The number of hydrogen-bond acceptors (Lipinski definition) is 5. The summed E-state index contributed by atoms with van der Waals surface area (Å²) in [4.78, 5) is 23.0. The van der Waals surface area contributed by atoms with Gasteiger partial charge in [0.2, 0.25) is 5.91 Å². The average Bonchev–Trinajstić information content (AvgIpc) is 2.83. The predicted molar refractivity (Wildman–Crippen MR) is 64.2 cm³/mol. The molecule has 0 spiro atoms. The van der Waals surface area contributed by atoms with Crippen LogP contribution in [0.3, 0.4) is 0 Å². The summed E-state index contributed by atoms with van der Waals surface area (Å²) in [6, 6.07) is 0.115. The molecule has 1 aromatic rings. The Morgan fingerprint density at radius 1 is 1.72 bits per heavy atom. The van der Waals surface area contributed by atoms with Crippen molar-refractivity contribution in [3.05, 3.63) is 12.2 Å². The van der Waals surface area contributed by atoms with Crippen LogP contribution in [0, 0.1) is 0 Å². The third-order valence-corrected chi connectivity index (χ3v) is 3.16. The van der Waals surface area contributed by atoms with Gasteiger partial charge in [0.1, 0.15) is 12.2 Å². The lowest BCUT2D eigenvalue weighted by molar-refractivity contribution is -0.191. The predicted octanol–water partition coefficient (Wildman–Crippen LogP) is 0.179. The van der Waals surface area contributed by atoms with Gasteiger partial charge in [-0.25, -0.2) is 10.0 Å². The zero-order chi connectivity index (χ0) is 13.0. The number of carbonyl (C=O) groups is 1. The molecule has 0 saturated carbocycles. The van der Waals surface area contributed by atoms with Crippen LogP contribution in [0.2, 0.25) is 0 Å². The lowest BCUT2D eigenvalue weighted by Crippen LogP contribution is -2.48. The Bertz CT molecular complexity index is 381. The molecule has 2 heterocycles. The molecule has 2 rings (SSSR count). The normalized spacial score (nSPS) is 20.9. The van der Waals surface area contributed by atoms with E-state index in [1.54, 1.807) is 0 Å². The molecule has 1 fully saturated rings. The summed E-state index contributed by atoms with van der Waals surface area (Å²) in [7, 11) is 1.54. The minimum absolute atomic E-state index is 0.0518. The number of H-pyrrole nitrogens is 1. The van der Waals surface area contributed by atoms with E-state index in [1.165, 1.54) is 25.4 Å². The monoisotopic (exact) mass is 253 g/mol. The summed E-state index contributed by atoms with van der Waals surface area (Å²) in [5, 5.41) is 8.15. The zero-order valence-electron chi connectivity index (χ0n) is 10.8. The summed E-state index contributed by atoms with van der Waals surface area (Å²) in [5.74, 6) is 0.798. The fraction of sp³-hybridized carbons (Fsp3) is 0.727. The minimum Gasteiger partial charge on any atom is -0.294 e. The number of nitrogens with one attached hydrogen (secondary N) is 1. The fourth-order valence-corrected chi connectivity index (χ4v) is 2.42. The molecule has 1 aliphatic rings. The Labute approximate surface area is 106 Å². The standard InChI is InChI=1S/C11H19N5O2/c1-9(17)16(18-2)10-4-3-5-15(6-10)7-11-12-8-13-14-11/h8,10H,3-7H2,1-2H3,(H,12,13,14). The molecule has 1 aliphatic heterocycles. The number of aromatic amines is 1. The van der Waals surface area contributed by atoms with Crippen LogP contribution in [-0.2, 0) is 16.2 Å². The molecule has 1 N–H and O–H groups in total. The molecular formula is C11H19N5O2. The number of nitrogens with zero attached hydrogens (tertiary/aromatic N) is 4. The Hall–Kier alpha value is -1.47. The van der Waals surface area contributed by atoms with Crippen molar-refractivity contribution in [1.82, 2.24) is 25.1 Å². The fourth-order valence-electron chi connectivity index (χ4n) is 2.42. The molecular weight excluding hydrogens is 234 g/mol. The zero-order valence-corrected chi connectivity index (χ0v) is 10.8. The summed E-state index contributed by atoms with van der Waals surface area (Å²) < 4.78 is 0. The number of aromatic nitrogens is 3. The second-order valence-corrected chi connectivity index (χ2v) is 4.49. The molecule has 0 aliphatic carbocycles. The van der Waals surface area contributed by atoms with Gasteiger partial charge in [0.25, 0.3) is 0 Å². The molecule has 1 amide bonds. The number of rotatable bonds is 4. The van der Waals surface area contributed by atoms with Crippen molar-refractivity contribution in [2.24, 2.45) is 0 Å². The highest BCUT2D eigenvalue weighted by molar-refractivity contribution is 5.72. The van der Waals surface area contributed by atoms with Gasteiger partial charge in [-0.05, 0) is 19.4 Å². The van der Waals surface area contributed by atoms with E-state index in [0.717, 1.165) is 38.3 Å². The molecule has 0 aromatic carbocycles. The number of carbonyl (C=O) groups excluding carboxylic acids is 1. The van der Waals surface area contributed by atoms with E-state index >= 15 is 0 Å². The van der Waals surface area contributed by atoms with Crippen LogP contribution >= 0.6 is 0 Å². The van der Waals surface area contributed by atoms with Gasteiger partial charge in [0, 0.05) is 13.5 Å². The van der Waals surface area contributed by atoms with Crippen LogP contribution in [0.4, 0.5) is 0 Å². The van der Waals surface area contributed by atoms with Crippen molar-refractivity contribution in [2.75, 3.05) is 20.2 Å². The maximum absolute atomic E-state index is 11.5. The molecule has 1 saturated heterocycles. The van der Waals surface area contributed by atoms with E-state index < -0.39 is 0 Å². The van der Waals surface area contributed by atoms with Crippen LogP contribution in [0.25, 0.3) is 0 Å². The highest BCUT2D eigenvalue weighted by Crippen LogP contribution is 2.17. The van der Waals surface area contributed by atoms with Crippen LogP contribution in [0.1, 0.15) is 25.6 Å². The van der Waals surface area contributed by atoms with Gasteiger partial charge in [-0.3, -0.25) is 19.6 Å². The van der Waals surface area contributed by atoms with Crippen molar-refractivity contribution in [3.8, 4) is 0 Å². The SMILES string of the molecule is CON(C(C)=O)C1CCCN(Cc2ncn[nH]2)C1. The van der Waals surface area contributed by atoms with Gasteiger partial charge >= 0.3 is 0 Å². The largest absolute Gasteiger partial charge is 0.294 e. The smallest absolute Gasteiger partial charge is 0.243 e. The Kier molecular flexibility index (Phi) is 4.27. The second kappa shape index (κ2) is 5.92. The van der Waals surface area contributed by atoms with E-state index in [-0.39, 0.29) is 11.9 Å². The first-order chi connectivity index (χ1) is 8.70. The van der Waals surface area contributed by atoms with Crippen molar-refractivity contribution >= 4 is 5.91 Å². The highest BCUT2D eigenvalue weighted by Gasteiger charge is 2.27. The van der Waals surface area contributed by atoms with E-state index in [2.05, 4.69) is 20.1 Å². The van der Waals surface area contributed by atoms with Gasteiger partial charge in [-0.1, -0.05) is 0 Å². The van der Waals surface area contributed by atoms with Crippen molar-refractivity contribution in [2.45, 2.75) is 32.4 Å². The van der Waals surface area contributed by atoms with E-state index in [1.807, 2.05) is 0 Å². The molecule has 1 aromatic heterocycles. The molecule has 0 bridgehead atoms. The molecule has 1 atom stereocenters. The first kappa shape index (κ1) is 13.0. The van der Waals surface area contributed by atoms with Crippen LogP contribution < -0.4 is 0 Å². The van der Waals surface area contributed by atoms with Crippen LogP contribution in [0.5, 0.6) is 0 Å². The number of hydrogen-bond donors (Lipinski definition) is 1. The van der Waals surface area contributed by atoms with E-state index in [0.29, 0.717) is 0 Å². The Morgan fingerprint density at radius 3 is 3.17 bits per heavy atom. The summed E-state index contributed by atoms with van der Waals surface area (Å²) in [5.41, 5.74) is 0. The molecule has 100 valence electrons. The molecule has 7 nitrogen and oxygen atoms in total. The number of hydroxylamine groups is 2. The van der Waals surface area contributed by atoms with Gasteiger partial charge in [-0.15, -0.1) is 0 Å². The van der Waals surface area contributed by atoms with Crippen molar-refractivity contribution in [1.29, 1.82) is 0 Å². The first-order valence-electron chi connectivity index (χ1n) is 6.11. The van der Waals surface area contributed by atoms with Gasteiger partial charge in [0.15, 0.2) is 0 Å². The number of piperidine rings is 1. The number of amides is 1. The maximum Gasteiger partial charge on any atom is 0.243 e. The third-order valence-electron chi connectivity index (χ3n) is 3.16. The van der Waals surface area contributed by atoms with Crippen molar-refractivity contribution in [3.63, 3.8) is 0 Å². The third kappa shape index (κ3) is 3.05. The first-order valence-corrected chi connectivity index (χ1v) is 6.11. The quantitative estimate of drug-likeness (QED) is 0.775. The summed E-state index contributed by atoms with van der Waals surface area (Å²) >= 11 is 0. The summed E-state index contributed by atoms with van der Waals surface area (Å²) in [6.07, 6.45) is 3.53. The van der Waals surface area contributed by atoms with E-state index in [9.17, 15) is 4.79 Å². The molecule has 0 radical (unpaired) electrons. The molecule has 1 unspecified atom stereocenters. The molecule has 7 heteroatoms. The van der Waals surface area contributed by atoms with Gasteiger partial charge < -0.3 is 0 Å². The second-order valence-electron chi connectivity index (χ2n) is 4.49. The van der Waals surface area contributed by atoms with Crippen LogP contribution in [0.15, 0.2) is 6.33 Å². The lowest BCUT2D eigenvalue weighted by Gasteiger charge is -2.37.